The third-order valence-electron chi connectivity index (χ3n) is 5.73. The predicted octanol–water partition coefficient (Wildman–Crippen LogP) is 6.00. The molecule has 1 heterocycles. The number of halogens is 1. The van der Waals surface area contributed by atoms with Gasteiger partial charge in [-0.15, -0.1) is 0 Å². The molecule has 38 heavy (non-hydrogen) atoms. The van der Waals surface area contributed by atoms with Crippen LogP contribution in [0.4, 0.5) is 9.18 Å². The number of pyridine rings is 1. The number of ether oxygens (including phenoxy) is 4. The number of alkyl carbamates (subject to hydrolysis) is 1. The molecule has 8 nitrogen and oxygen atoms in total. The van der Waals surface area contributed by atoms with Crippen LogP contribution in [-0.2, 0) is 9.47 Å². The molecule has 9 heteroatoms. The fourth-order valence-corrected chi connectivity index (χ4v) is 3.84. The molecule has 0 fully saturated rings. The standard InChI is InChI=1S/C29H35FN2O6/c1-8-36-27-22-11-9-10-21(20(22)14-15-31-27)25(33)23-13-12-19(18(3)32-28(34)38-29(4,5)6)26(24(23)30)37-16-17(2)35-7/h9-15,17-18H,8,16H2,1-7H3,(H,32,34). The van der Waals surface area contributed by atoms with Crippen LogP contribution in [0.2, 0.25) is 0 Å². The molecule has 2 aromatic carbocycles. The number of benzene rings is 2. The maximum absolute atomic E-state index is 16.0. The fourth-order valence-electron chi connectivity index (χ4n) is 3.84. The molecule has 0 radical (unpaired) electrons. The van der Waals surface area contributed by atoms with E-state index in [9.17, 15) is 9.59 Å². The highest BCUT2D eigenvalue weighted by Gasteiger charge is 2.26. The van der Waals surface area contributed by atoms with Crippen molar-refractivity contribution >= 4 is 22.6 Å². The van der Waals surface area contributed by atoms with Crippen LogP contribution >= 0.6 is 0 Å². The van der Waals surface area contributed by atoms with Crippen LogP contribution in [0.3, 0.4) is 0 Å². The van der Waals surface area contributed by atoms with Crippen LogP contribution in [0.15, 0.2) is 42.6 Å². The van der Waals surface area contributed by atoms with E-state index in [4.69, 9.17) is 18.9 Å². The molecule has 3 rings (SSSR count). The summed E-state index contributed by atoms with van der Waals surface area (Å²) in [5.41, 5.74) is -0.211. The van der Waals surface area contributed by atoms with Gasteiger partial charge in [-0.05, 0) is 65.1 Å². The van der Waals surface area contributed by atoms with Gasteiger partial charge < -0.3 is 24.3 Å². The maximum atomic E-state index is 16.0. The molecule has 1 aromatic heterocycles. The zero-order valence-electron chi connectivity index (χ0n) is 22.9. The number of amides is 1. The molecule has 0 saturated carbocycles. The molecular weight excluding hydrogens is 491 g/mol. The number of ketones is 1. The zero-order chi connectivity index (χ0) is 28.0. The summed E-state index contributed by atoms with van der Waals surface area (Å²) in [7, 11) is 1.52. The summed E-state index contributed by atoms with van der Waals surface area (Å²) >= 11 is 0. The summed E-state index contributed by atoms with van der Waals surface area (Å²) in [5.74, 6) is -1.09. The second-order valence-electron chi connectivity index (χ2n) is 9.85. The minimum atomic E-state index is -0.829. The second kappa shape index (κ2) is 12.2. The van der Waals surface area contributed by atoms with Crippen molar-refractivity contribution in [2.24, 2.45) is 0 Å². The Morgan fingerprint density at radius 3 is 2.42 bits per heavy atom. The van der Waals surface area contributed by atoms with Crippen molar-refractivity contribution in [1.82, 2.24) is 10.3 Å². The van der Waals surface area contributed by atoms with E-state index in [-0.39, 0.29) is 24.0 Å². The van der Waals surface area contributed by atoms with Crippen molar-refractivity contribution < 1.29 is 32.9 Å². The number of rotatable bonds is 10. The van der Waals surface area contributed by atoms with Gasteiger partial charge in [0.2, 0.25) is 5.88 Å². The summed E-state index contributed by atoms with van der Waals surface area (Å²) in [4.78, 5) is 30.2. The number of hydrogen-bond acceptors (Lipinski definition) is 7. The molecule has 204 valence electrons. The van der Waals surface area contributed by atoms with E-state index in [1.165, 1.54) is 13.2 Å². The summed E-state index contributed by atoms with van der Waals surface area (Å²) in [5, 5.41) is 3.94. The molecule has 2 unspecified atom stereocenters. The highest BCUT2D eigenvalue weighted by atomic mass is 19.1. The van der Waals surface area contributed by atoms with E-state index in [0.717, 1.165) is 0 Å². The van der Waals surface area contributed by atoms with Crippen molar-refractivity contribution in [2.45, 2.75) is 59.3 Å². The lowest BCUT2D eigenvalue weighted by molar-refractivity contribution is 0.0504. The number of nitrogens with zero attached hydrogens (tertiary/aromatic N) is 1. The minimum absolute atomic E-state index is 0.0366. The van der Waals surface area contributed by atoms with E-state index in [1.54, 1.807) is 71.1 Å². The molecule has 0 aliphatic rings. The number of hydrogen-bond donors (Lipinski definition) is 1. The van der Waals surface area contributed by atoms with Gasteiger partial charge in [0.25, 0.3) is 0 Å². The fraction of sp³-hybridized carbons (Fsp3) is 0.414. The number of aromatic nitrogens is 1. The number of nitrogens with one attached hydrogen (secondary N) is 1. The van der Waals surface area contributed by atoms with Gasteiger partial charge in [-0.3, -0.25) is 4.79 Å². The van der Waals surface area contributed by atoms with Crippen LogP contribution in [0.25, 0.3) is 10.8 Å². The first-order chi connectivity index (χ1) is 18.0. The second-order valence-corrected chi connectivity index (χ2v) is 9.85. The van der Waals surface area contributed by atoms with E-state index in [1.807, 2.05) is 6.92 Å². The van der Waals surface area contributed by atoms with Gasteiger partial charge >= 0.3 is 6.09 Å². The Morgan fingerprint density at radius 2 is 1.76 bits per heavy atom. The Hall–Kier alpha value is -3.72. The van der Waals surface area contributed by atoms with Gasteiger partial charge in [0.05, 0.1) is 24.3 Å². The van der Waals surface area contributed by atoms with Gasteiger partial charge in [-0.2, -0.15) is 0 Å². The highest BCUT2D eigenvalue weighted by Crippen LogP contribution is 2.34. The molecule has 1 amide bonds. The van der Waals surface area contributed by atoms with Gasteiger partial charge in [0.15, 0.2) is 17.3 Å². The maximum Gasteiger partial charge on any atom is 0.408 e. The van der Waals surface area contributed by atoms with Crippen LogP contribution in [-0.4, -0.2) is 48.9 Å². The number of carbonyl (C=O) groups is 2. The molecule has 0 bridgehead atoms. The predicted molar refractivity (Wildman–Crippen MR) is 142 cm³/mol. The van der Waals surface area contributed by atoms with Crippen molar-refractivity contribution in [1.29, 1.82) is 0 Å². The normalized spacial score (nSPS) is 13.1. The molecule has 1 N–H and O–H groups in total. The van der Waals surface area contributed by atoms with Crippen LogP contribution in [0.1, 0.15) is 69.1 Å². The first-order valence-electron chi connectivity index (χ1n) is 12.5. The molecule has 3 aromatic rings. The molecule has 0 spiro atoms. The Kier molecular flexibility index (Phi) is 9.27. The summed E-state index contributed by atoms with van der Waals surface area (Å²) < 4.78 is 38.0. The number of carbonyl (C=O) groups excluding carboxylic acids is 2. The van der Waals surface area contributed by atoms with Crippen molar-refractivity contribution in [3.63, 3.8) is 0 Å². The van der Waals surface area contributed by atoms with Crippen LogP contribution in [0, 0.1) is 5.82 Å². The van der Waals surface area contributed by atoms with E-state index >= 15 is 4.39 Å². The van der Waals surface area contributed by atoms with Crippen molar-refractivity contribution in [3.05, 3.63) is 65.1 Å². The number of methoxy groups -OCH3 is 1. The van der Waals surface area contributed by atoms with Crippen molar-refractivity contribution in [3.8, 4) is 11.6 Å². The monoisotopic (exact) mass is 526 g/mol. The van der Waals surface area contributed by atoms with Crippen LogP contribution in [0.5, 0.6) is 11.6 Å². The van der Waals surface area contributed by atoms with Gasteiger partial charge in [0.1, 0.15) is 12.2 Å². The highest BCUT2D eigenvalue weighted by molar-refractivity contribution is 6.17. The Morgan fingerprint density at radius 1 is 1.03 bits per heavy atom. The SMILES string of the molecule is CCOc1nccc2c(C(=O)c3ccc(C(C)NC(=O)OC(C)(C)C)c(OCC(C)OC)c3F)cccc12. The van der Waals surface area contributed by atoms with E-state index in [0.29, 0.717) is 34.4 Å². The average Bonchev–Trinajstić information content (AvgIpc) is 2.86. The number of fused-ring (bicyclic) bond motifs is 1. The minimum Gasteiger partial charge on any atom is -0.487 e. The average molecular weight is 527 g/mol. The van der Waals surface area contributed by atoms with Crippen LogP contribution < -0.4 is 14.8 Å². The zero-order valence-corrected chi connectivity index (χ0v) is 22.9. The Bertz CT molecular complexity index is 1300. The quantitative estimate of drug-likeness (QED) is 0.324. The lowest BCUT2D eigenvalue weighted by Crippen LogP contribution is -2.34. The van der Waals surface area contributed by atoms with Gasteiger partial charge in [-0.25, -0.2) is 14.2 Å². The largest absolute Gasteiger partial charge is 0.487 e. The molecule has 2 atom stereocenters. The lowest BCUT2D eigenvalue weighted by Gasteiger charge is -2.24. The third kappa shape index (κ3) is 6.77. The Labute approximate surface area is 222 Å². The van der Waals surface area contributed by atoms with Gasteiger partial charge in [-0.1, -0.05) is 18.2 Å². The summed E-state index contributed by atoms with van der Waals surface area (Å²) in [6.45, 7) is 11.0. The van der Waals surface area contributed by atoms with Crippen molar-refractivity contribution in [2.75, 3.05) is 20.3 Å². The topological polar surface area (TPSA) is 96.0 Å². The van der Waals surface area contributed by atoms with E-state index in [2.05, 4.69) is 10.3 Å². The molecule has 0 saturated heterocycles. The molecule has 0 aliphatic heterocycles. The van der Waals surface area contributed by atoms with Gasteiger partial charge in [0, 0.05) is 29.8 Å². The first kappa shape index (κ1) is 28.8. The smallest absolute Gasteiger partial charge is 0.408 e. The first-order valence-corrected chi connectivity index (χ1v) is 12.5. The molecule has 0 aliphatic carbocycles. The molecular formula is C29H35FN2O6. The van der Waals surface area contributed by atoms with E-state index < -0.39 is 29.3 Å². The lowest BCUT2D eigenvalue weighted by atomic mass is 9.95. The summed E-state index contributed by atoms with van der Waals surface area (Å²) in [6.07, 6.45) is 0.559. The third-order valence-corrected chi connectivity index (χ3v) is 5.73. The summed E-state index contributed by atoms with van der Waals surface area (Å²) in [6, 6.07) is 9.13. The Balaban J connectivity index is 2.04.